The zero-order valence-electron chi connectivity index (χ0n) is 10.7. The number of hydrogen-bond acceptors (Lipinski definition) is 5. The topological polar surface area (TPSA) is 88.9 Å². The molecule has 0 atom stereocenters. The normalized spacial score (nSPS) is 11.5. The van der Waals surface area contributed by atoms with Crippen LogP contribution < -0.4 is 10.0 Å². The summed E-state index contributed by atoms with van der Waals surface area (Å²) in [4.78, 5) is 4.17. The Bertz CT molecular complexity index is 665. The van der Waals surface area contributed by atoms with Crippen LogP contribution >= 0.6 is 0 Å². The molecule has 0 fully saturated rings. The van der Waals surface area contributed by atoms with E-state index in [1.165, 1.54) is 11.0 Å². The van der Waals surface area contributed by atoms with E-state index in [9.17, 15) is 8.42 Å². The Hall–Kier alpha value is -1.93. The van der Waals surface area contributed by atoms with Crippen molar-refractivity contribution in [1.82, 2.24) is 19.5 Å². The number of rotatable bonds is 5. The number of anilines is 1. The van der Waals surface area contributed by atoms with Gasteiger partial charge in [-0.2, -0.15) is 5.10 Å². The quantitative estimate of drug-likeness (QED) is 0.824. The van der Waals surface area contributed by atoms with Gasteiger partial charge in [0.25, 0.3) is 0 Å². The second kappa shape index (κ2) is 5.37. The van der Waals surface area contributed by atoms with Gasteiger partial charge in [-0.25, -0.2) is 18.1 Å². The molecule has 2 rings (SSSR count). The molecule has 8 heteroatoms. The first-order valence-corrected chi connectivity index (χ1v) is 7.12. The largest absolute Gasteiger partial charge is 0.387 e. The maximum atomic E-state index is 12.2. The van der Waals surface area contributed by atoms with E-state index in [1.807, 2.05) is 0 Å². The lowest BCUT2D eigenvalue weighted by Gasteiger charge is -2.09. The molecule has 2 aromatic rings. The Labute approximate surface area is 111 Å². The van der Waals surface area contributed by atoms with E-state index in [4.69, 9.17) is 0 Å². The van der Waals surface area contributed by atoms with E-state index < -0.39 is 10.0 Å². The van der Waals surface area contributed by atoms with Gasteiger partial charge in [0.15, 0.2) is 5.82 Å². The Morgan fingerprint density at radius 1 is 1.32 bits per heavy atom. The van der Waals surface area contributed by atoms with Crippen LogP contribution in [0.25, 0.3) is 0 Å². The van der Waals surface area contributed by atoms with Crippen molar-refractivity contribution in [2.75, 3.05) is 12.4 Å². The Balaban J connectivity index is 2.18. The number of hydrogen-bond donors (Lipinski definition) is 2. The highest BCUT2D eigenvalue weighted by Gasteiger charge is 2.17. The fraction of sp³-hybridized carbons (Fsp3) is 0.273. The first kappa shape index (κ1) is 13.5. The molecule has 1 aromatic carbocycles. The van der Waals surface area contributed by atoms with Crippen molar-refractivity contribution < 1.29 is 8.42 Å². The van der Waals surface area contributed by atoms with E-state index in [2.05, 4.69) is 20.1 Å². The molecule has 2 N–H and O–H groups in total. The van der Waals surface area contributed by atoms with Gasteiger partial charge in [0.05, 0.1) is 12.2 Å². The van der Waals surface area contributed by atoms with Crippen LogP contribution in [0.4, 0.5) is 5.69 Å². The lowest BCUT2D eigenvalue weighted by molar-refractivity contribution is 0.579. The van der Waals surface area contributed by atoms with Crippen molar-refractivity contribution in [3.05, 3.63) is 36.4 Å². The molecule has 1 aromatic heterocycles. The lowest BCUT2D eigenvalue weighted by Crippen LogP contribution is -2.24. The van der Waals surface area contributed by atoms with Crippen molar-refractivity contribution in [1.29, 1.82) is 0 Å². The van der Waals surface area contributed by atoms with Gasteiger partial charge in [-0.05, 0) is 12.1 Å². The summed E-state index contributed by atoms with van der Waals surface area (Å²) in [6.07, 6.45) is 1.52. The molecule has 0 saturated carbocycles. The molecule has 0 aliphatic heterocycles. The molecule has 102 valence electrons. The minimum atomic E-state index is -3.59. The highest BCUT2D eigenvalue weighted by atomic mass is 32.2. The zero-order chi connectivity index (χ0) is 13.9. The molecular formula is C11H15N5O2S. The van der Waals surface area contributed by atoms with Crippen LogP contribution in [0.15, 0.2) is 35.5 Å². The minimum absolute atomic E-state index is 0.0568. The van der Waals surface area contributed by atoms with Gasteiger partial charge in [-0.3, -0.25) is 4.68 Å². The number of aryl methyl sites for hydroxylation is 1. The molecule has 0 amide bonds. The standard InChI is InChI=1S/C11H15N5O2S/c1-12-9-5-3-4-6-10(9)19(17,18)14-7-11-13-8-16(2)15-11/h3-6,8,12,14H,7H2,1-2H3. The minimum Gasteiger partial charge on any atom is -0.387 e. The highest BCUT2D eigenvalue weighted by Crippen LogP contribution is 2.19. The molecule has 19 heavy (non-hydrogen) atoms. The van der Waals surface area contributed by atoms with Crippen molar-refractivity contribution in [2.45, 2.75) is 11.4 Å². The van der Waals surface area contributed by atoms with Gasteiger partial charge < -0.3 is 5.32 Å². The summed E-state index contributed by atoms with van der Waals surface area (Å²) in [6, 6.07) is 6.69. The van der Waals surface area contributed by atoms with E-state index in [0.29, 0.717) is 11.5 Å². The number of sulfonamides is 1. The maximum absolute atomic E-state index is 12.2. The number of benzene rings is 1. The fourth-order valence-electron chi connectivity index (χ4n) is 1.61. The van der Waals surface area contributed by atoms with E-state index in [0.717, 1.165) is 0 Å². The Morgan fingerprint density at radius 2 is 2.05 bits per heavy atom. The van der Waals surface area contributed by atoms with Crippen LogP contribution in [0.2, 0.25) is 0 Å². The Kier molecular flexibility index (Phi) is 3.82. The molecule has 7 nitrogen and oxygen atoms in total. The second-order valence-corrected chi connectivity index (χ2v) is 5.64. The number of nitrogens with zero attached hydrogens (tertiary/aromatic N) is 3. The van der Waals surface area contributed by atoms with Gasteiger partial charge in [0.1, 0.15) is 11.2 Å². The van der Waals surface area contributed by atoms with Gasteiger partial charge in [-0.15, -0.1) is 0 Å². The summed E-state index contributed by atoms with van der Waals surface area (Å²) in [6.45, 7) is 0.0568. The molecule has 0 unspecified atom stereocenters. The van der Waals surface area contributed by atoms with E-state index in [1.54, 1.807) is 38.4 Å². The third-order valence-electron chi connectivity index (χ3n) is 2.51. The van der Waals surface area contributed by atoms with Gasteiger partial charge in [0, 0.05) is 14.1 Å². The molecule has 1 heterocycles. The predicted octanol–water partition coefficient (Wildman–Crippen LogP) is 0.335. The lowest BCUT2D eigenvalue weighted by atomic mass is 10.3. The molecular weight excluding hydrogens is 266 g/mol. The molecule has 0 saturated heterocycles. The summed E-state index contributed by atoms with van der Waals surface area (Å²) in [5, 5.41) is 6.86. The van der Waals surface area contributed by atoms with Crippen LogP contribution in [0.3, 0.4) is 0 Å². The summed E-state index contributed by atoms with van der Waals surface area (Å²) >= 11 is 0. The average molecular weight is 281 g/mol. The third kappa shape index (κ3) is 3.09. The molecule has 0 aliphatic rings. The first-order valence-electron chi connectivity index (χ1n) is 5.64. The van der Waals surface area contributed by atoms with Crippen molar-refractivity contribution in [2.24, 2.45) is 7.05 Å². The smallest absolute Gasteiger partial charge is 0.243 e. The van der Waals surface area contributed by atoms with Gasteiger partial charge in [0.2, 0.25) is 10.0 Å². The zero-order valence-corrected chi connectivity index (χ0v) is 11.5. The van der Waals surface area contributed by atoms with Crippen molar-refractivity contribution in [3.63, 3.8) is 0 Å². The van der Waals surface area contributed by atoms with Gasteiger partial charge >= 0.3 is 0 Å². The Morgan fingerprint density at radius 3 is 2.68 bits per heavy atom. The number of nitrogens with one attached hydrogen (secondary N) is 2. The first-order chi connectivity index (χ1) is 9.03. The van der Waals surface area contributed by atoms with Crippen molar-refractivity contribution in [3.8, 4) is 0 Å². The van der Waals surface area contributed by atoms with E-state index in [-0.39, 0.29) is 11.4 Å². The predicted molar refractivity (Wildman–Crippen MR) is 71.0 cm³/mol. The summed E-state index contributed by atoms with van der Waals surface area (Å²) in [5.74, 6) is 0.424. The fourth-order valence-corrected chi connectivity index (χ4v) is 2.80. The maximum Gasteiger partial charge on any atom is 0.243 e. The van der Waals surface area contributed by atoms with Crippen LogP contribution in [0, 0.1) is 0 Å². The monoisotopic (exact) mass is 281 g/mol. The molecule has 0 bridgehead atoms. The molecule has 0 radical (unpaired) electrons. The summed E-state index contributed by atoms with van der Waals surface area (Å²) < 4.78 is 28.3. The summed E-state index contributed by atoms with van der Waals surface area (Å²) in [5.41, 5.74) is 0.545. The van der Waals surface area contributed by atoms with Crippen LogP contribution in [0.1, 0.15) is 5.82 Å². The van der Waals surface area contributed by atoms with Crippen LogP contribution in [-0.2, 0) is 23.6 Å². The number of aromatic nitrogens is 3. The molecule has 0 spiro atoms. The van der Waals surface area contributed by atoms with E-state index >= 15 is 0 Å². The number of para-hydroxylation sites is 1. The summed E-state index contributed by atoms with van der Waals surface area (Å²) in [7, 11) is -0.195. The molecule has 0 aliphatic carbocycles. The average Bonchev–Trinajstić information content (AvgIpc) is 2.82. The third-order valence-corrected chi connectivity index (χ3v) is 3.97. The van der Waals surface area contributed by atoms with Crippen LogP contribution in [0.5, 0.6) is 0 Å². The SMILES string of the molecule is CNc1ccccc1S(=O)(=O)NCc1ncn(C)n1. The van der Waals surface area contributed by atoms with Crippen molar-refractivity contribution >= 4 is 15.7 Å². The second-order valence-electron chi connectivity index (χ2n) is 3.91. The highest BCUT2D eigenvalue weighted by molar-refractivity contribution is 7.89. The van der Waals surface area contributed by atoms with Crippen LogP contribution in [-0.4, -0.2) is 30.2 Å². The van der Waals surface area contributed by atoms with Gasteiger partial charge in [-0.1, -0.05) is 12.1 Å².